The quantitative estimate of drug-likeness (QED) is 0.417. The van der Waals surface area contributed by atoms with E-state index < -0.39 is 5.60 Å². The van der Waals surface area contributed by atoms with Crippen molar-refractivity contribution in [1.29, 1.82) is 0 Å². The molecule has 1 saturated heterocycles. The van der Waals surface area contributed by atoms with Crippen LogP contribution in [0.2, 0.25) is 5.02 Å². The number of fused-ring (bicyclic) bond motifs is 1. The minimum absolute atomic E-state index is 0.0430. The SMILES string of the molecule is O=C1CC2(CCN(C(=O)/C=C/c3ccc(OCc4ccccc4)cc3)CC2)Oc2ccc(Cl)cc21. The van der Waals surface area contributed by atoms with Crippen LogP contribution in [0.5, 0.6) is 11.5 Å². The van der Waals surface area contributed by atoms with Crippen LogP contribution in [0.1, 0.15) is 40.7 Å². The van der Waals surface area contributed by atoms with Gasteiger partial charge in [0.2, 0.25) is 5.91 Å². The standard InChI is InChI=1S/C29H26ClNO4/c30-23-9-12-27-25(18-23)26(32)19-29(35-27)14-16-31(17-15-29)28(33)13-8-21-6-10-24(11-7-21)34-20-22-4-2-1-3-5-22/h1-13,18H,14-17,19-20H2/b13-8+. The maximum atomic E-state index is 12.8. The summed E-state index contributed by atoms with van der Waals surface area (Å²) >= 11 is 6.03. The van der Waals surface area contributed by atoms with E-state index in [-0.39, 0.29) is 11.7 Å². The third kappa shape index (κ3) is 5.41. The fourth-order valence-corrected chi connectivity index (χ4v) is 4.74. The summed E-state index contributed by atoms with van der Waals surface area (Å²) in [7, 11) is 0. The van der Waals surface area contributed by atoms with E-state index in [2.05, 4.69) is 0 Å². The smallest absolute Gasteiger partial charge is 0.246 e. The fraction of sp³-hybridized carbons (Fsp3) is 0.241. The molecule has 35 heavy (non-hydrogen) atoms. The predicted octanol–water partition coefficient (Wildman–Crippen LogP) is 5.96. The summed E-state index contributed by atoms with van der Waals surface area (Å²) in [5.74, 6) is 1.37. The molecule has 178 valence electrons. The summed E-state index contributed by atoms with van der Waals surface area (Å²) in [4.78, 5) is 27.3. The molecule has 1 fully saturated rings. The maximum Gasteiger partial charge on any atom is 0.246 e. The summed E-state index contributed by atoms with van der Waals surface area (Å²) in [5.41, 5.74) is 2.03. The lowest BCUT2D eigenvalue weighted by Gasteiger charge is -2.43. The number of carbonyl (C=O) groups excluding carboxylic acids is 2. The predicted molar refractivity (Wildman–Crippen MR) is 136 cm³/mol. The van der Waals surface area contributed by atoms with E-state index in [1.165, 1.54) is 0 Å². The molecule has 5 rings (SSSR count). The van der Waals surface area contributed by atoms with Crippen molar-refractivity contribution >= 4 is 29.4 Å². The van der Waals surface area contributed by atoms with Gasteiger partial charge in [0.05, 0.1) is 12.0 Å². The number of hydrogen-bond acceptors (Lipinski definition) is 4. The highest BCUT2D eigenvalue weighted by Gasteiger charge is 2.43. The zero-order valence-corrected chi connectivity index (χ0v) is 20.0. The summed E-state index contributed by atoms with van der Waals surface area (Å²) in [5, 5.41) is 0.526. The van der Waals surface area contributed by atoms with E-state index in [0.717, 1.165) is 16.9 Å². The molecule has 1 amide bonds. The largest absolute Gasteiger partial charge is 0.489 e. The number of benzene rings is 3. The number of nitrogens with zero attached hydrogens (tertiary/aromatic N) is 1. The molecule has 0 atom stereocenters. The number of likely N-dealkylation sites (tertiary alicyclic amines) is 1. The van der Waals surface area contributed by atoms with Crippen molar-refractivity contribution in [2.24, 2.45) is 0 Å². The number of rotatable bonds is 5. The third-order valence-corrected chi connectivity index (χ3v) is 6.82. The highest BCUT2D eigenvalue weighted by atomic mass is 35.5. The number of amides is 1. The number of hydrogen-bond donors (Lipinski definition) is 0. The molecule has 5 nitrogen and oxygen atoms in total. The number of halogens is 1. The second-order valence-electron chi connectivity index (χ2n) is 9.03. The second-order valence-corrected chi connectivity index (χ2v) is 9.46. The first-order valence-electron chi connectivity index (χ1n) is 11.8. The van der Waals surface area contributed by atoms with Crippen LogP contribution in [0.15, 0.2) is 78.9 Å². The first kappa shape index (κ1) is 23.2. The number of piperidine rings is 1. The fourth-order valence-electron chi connectivity index (χ4n) is 4.57. The van der Waals surface area contributed by atoms with Gasteiger partial charge in [0.25, 0.3) is 0 Å². The van der Waals surface area contributed by atoms with Crippen molar-refractivity contribution in [3.63, 3.8) is 0 Å². The second kappa shape index (κ2) is 9.96. The van der Waals surface area contributed by atoms with Crippen LogP contribution in [0.4, 0.5) is 0 Å². The monoisotopic (exact) mass is 487 g/mol. The Morgan fingerprint density at radius 3 is 2.51 bits per heavy atom. The van der Waals surface area contributed by atoms with Crippen LogP contribution >= 0.6 is 11.6 Å². The molecular formula is C29H26ClNO4. The first-order chi connectivity index (χ1) is 17.0. The number of ether oxygens (including phenoxy) is 2. The average Bonchev–Trinajstić information content (AvgIpc) is 2.88. The van der Waals surface area contributed by atoms with E-state index >= 15 is 0 Å². The van der Waals surface area contributed by atoms with Crippen LogP contribution in [0, 0.1) is 0 Å². The van der Waals surface area contributed by atoms with Crippen molar-refractivity contribution < 1.29 is 19.1 Å². The van der Waals surface area contributed by atoms with E-state index in [4.69, 9.17) is 21.1 Å². The molecule has 0 aromatic heterocycles. The summed E-state index contributed by atoms with van der Waals surface area (Å²) in [6, 6.07) is 22.8. The molecule has 1 spiro atoms. The van der Waals surface area contributed by atoms with Gasteiger partial charge in [-0.2, -0.15) is 0 Å². The van der Waals surface area contributed by atoms with Gasteiger partial charge in [0.1, 0.15) is 23.7 Å². The lowest BCUT2D eigenvalue weighted by Crippen LogP contribution is -2.52. The molecule has 2 aliphatic heterocycles. The zero-order chi connectivity index (χ0) is 24.3. The third-order valence-electron chi connectivity index (χ3n) is 6.58. The summed E-state index contributed by atoms with van der Waals surface area (Å²) in [6.45, 7) is 1.61. The van der Waals surface area contributed by atoms with Crippen LogP contribution in [-0.4, -0.2) is 35.3 Å². The van der Waals surface area contributed by atoms with E-state index in [1.807, 2.05) is 65.6 Å². The van der Waals surface area contributed by atoms with Gasteiger partial charge in [0.15, 0.2) is 5.78 Å². The zero-order valence-electron chi connectivity index (χ0n) is 19.3. The Kier molecular flexibility index (Phi) is 6.60. The van der Waals surface area contributed by atoms with Crippen molar-refractivity contribution in [1.82, 2.24) is 4.90 Å². The maximum absolute atomic E-state index is 12.8. The van der Waals surface area contributed by atoms with Crippen LogP contribution in [0.25, 0.3) is 6.08 Å². The molecular weight excluding hydrogens is 462 g/mol. The Bertz CT molecular complexity index is 1250. The molecule has 2 heterocycles. The molecule has 0 radical (unpaired) electrons. The Morgan fingerprint density at radius 2 is 1.77 bits per heavy atom. The molecule has 3 aromatic rings. The summed E-state index contributed by atoms with van der Waals surface area (Å²) in [6.07, 6.45) is 4.97. The first-order valence-corrected chi connectivity index (χ1v) is 12.1. The Hall–Kier alpha value is -3.57. The van der Waals surface area contributed by atoms with Crippen LogP contribution in [-0.2, 0) is 11.4 Å². The van der Waals surface area contributed by atoms with Gasteiger partial charge in [-0.1, -0.05) is 54.1 Å². The molecule has 0 N–H and O–H groups in total. The van der Waals surface area contributed by atoms with Crippen molar-refractivity contribution in [2.45, 2.75) is 31.5 Å². The Balaban J connectivity index is 1.14. The van der Waals surface area contributed by atoms with Crippen molar-refractivity contribution in [2.75, 3.05) is 13.1 Å². The molecule has 0 aliphatic carbocycles. The van der Waals surface area contributed by atoms with Crippen LogP contribution in [0.3, 0.4) is 0 Å². The average molecular weight is 488 g/mol. The van der Waals surface area contributed by atoms with E-state index in [9.17, 15) is 9.59 Å². The van der Waals surface area contributed by atoms with Crippen molar-refractivity contribution in [3.8, 4) is 11.5 Å². The van der Waals surface area contributed by atoms with Gasteiger partial charge in [-0.25, -0.2) is 0 Å². The minimum atomic E-state index is -0.548. The van der Waals surface area contributed by atoms with Crippen molar-refractivity contribution in [3.05, 3.63) is 101 Å². The van der Waals surface area contributed by atoms with Gasteiger partial charge in [-0.3, -0.25) is 9.59 Å². The molecule has 0 unspecified atom stereocenters. The van der Waals surface area contributed by atoms with Gasteiger partial charge in [-0.15, -0.1) is 0 Å². The van der Waals surface area contributed by atoms with Gasteiger partial charge in [-0.05, 0) is 47.5 Å². The van der Waals surface area contributed by atoms with Gasteiger partial charge >= 0.3 is 0 Å². The topological polar surface area (TPSA) is 55.8 Å². The molecule has 6 heteroatoms. The molecule has 3 aromatic carbocycles. The molecule has 0 saturated carbocycles. The lowest BCUT2D eigenvalue weighted by molar-refractivity contribution is -0.129. The number of carbonyl (C=O) groups is 2. The Morgan fingerprint density at radius 1 is 1.03 bits per heavy atom. The summed E-state index contributed by atoms with van der Waals surface area (Å²) < 4.78 is 12.1. The highest BCUT2D eigenvalue weighted by Crippen LogP contribution is 2.40. The van der Waals surface area contributed by atoms with Gasteiger partial charge < -0.3 is 14.4 Å². The highest BCUT2D eigenvalue weighted by molar-refractivity contribution is 6.31. The van der Waals surface area contributed by atoms with Gasteiger partial charge in [0, 0.05) is 37.0 Å². The van der Waals surface area contributed by atoms with Crippen LogP contribution < -0.4 is 9.47 Å². The lowest BCUT2D eigenvalue weighted by atomic mass is 9.82. The normalized spacial score (nSPS) is 16.7. The minimum Gasteiger partial charge on any atom is -0.489 e. The molecule has 0 bridgehead atoms. The van der Waals surface area contributed by atoms with E-state index in [1.54, 1.807) is 24.3 Å². The number of Topliss-reactive ketones (excluding diaryl/α,β-unsaturated/α-hetero) is 1. The number of ketones is 1. The Labute approximate surface area is 209 Å². The van der Waals surface area contributed by atoms with E-state index in [0.29, 0.717) is 55.3 Å². The molecule has 2 aliphatic rings.